The lowest BCUT2D eigenvalue weighted by Gasteiger charge is -2.31. The summed E-state index contributed by atoms with van der Waals surface area (Å²) >= 11 is 0. The number of nitrogens with one attached hydrogen (secondary N) is 1. The van der Waals surface area contributed by atoms with Gasteiger partial charge in [0.1, 0.15) is 0 Å². The number of carboxylic acid groups (broad SMARTS) is 1. The van der Waals surface area contributed by atoms with Crippen LogP contribution in [0.15, 0.2) is 29.2 Å². The maximum atomic E-state index is 12.8. The quantitative estimate of drug-likeness (QED) is 0.734. The van der Waals surface area contributed by atoms with E-state index in [1.807, 2.05) is 6.92 Å². The second kappa shape index (κ2) is 8.39. The fourth-order valence-corrected chi connectivity index (χ4v) is 4.51. The van der Waals surface area contributed by atoms with Gasteiger partial charge in [0.2, 0.25) is 15.9 Å². The summed E-state index contributed by atoms with van der Waals surface area (Å²) in [5.74, 6) is -1.56. The molecule has 1 atom stereocenters. The molecule has 1 aliphatic heterocycles. The first-order valence-electron chi connectivity index (χ1n) is 9.12. The van der Waals surface area contributed by atoms with Crippen LogP contribution in [0.25, 0.3) is 0 Å². The number of hydrogen-bond donors (Lipinski definition) is 2. The van der Waals surface area contributed by atoms with Gasteiger partial charge in [-0.05, 0) is 52.2 Å². The van der Waals surface area contributed by atoms with E-state index in [-0.39, 0.29) is 23.9 Å². The molecule has 1 unspecified atom stereocenters. The number of carbonyl (C=O) groups excluding carboxylic acids is 1. The molecule has 7 nitrogen and oxygen atoms in total. The molecule has 1 heterocycles. The Bertz CT molecular complexity index is 787. The van der Waals surface area contributed by atoms with Gasteiger partial charge in [-0.1, -0.05) is 17.7 Å². The molecule has 2 rings (SSSR count). The molecule has 1 aromatic carbocycles. The van der Waals surface area contributed by atoms with Gasteiger partial charge in [0.05, 0.1) is 16.2 Å². The molecule has 2 N–H and O–H groups in total. The van der Waals surface area contributed by atoms with Crippen molar-refractivity contribution in [2.75, 3.05) is 19.6 Å². The van der Waals surface area contributed by atoms with Crippen LogP contribution in [0.1, 0.15) is 38.7 Å². The summed E-state index contributed by atoms with van der Waals surface area (Å²) in [5.41, 5.74) is 0.0647. The number of benzene rings is 1. The zero-order valence-corrected chi connectivity index (χ0v) is 16.9. The third-order valence-electron chi connectivity index (χ3n) is 5.04. The van der Waals surface area contributed by atoms with Crippen LogP contribution < -0.4 is 5.32 Å². The summed E-state index contributed by atoms with van der Waals surface area (Å²) in [5, 5.41) is 11.9. The van der Waals surface area contributed by atoms with Crippen LogP contribution in [-0.4, -0.2) is 49.3 Å². The molecule has 1 fully saturated rings. The lowest BCUT2D eigenvalue weighted by Crippen LogP contribution is -2.46. The van der Waals surface area contributed by atoms with Crippen molar-refractivity contribution in [2.45, 2.75) is 44.9 Å². The standard InChI is InChI=1S/C19H28N2O5S/c1-14-6-8-16(9-7-14)27(25,26)21-12-4-5-15(13-21)17(22)20-11-10-19(2,3)18(23)24/h6-9,15H,4-5,10-13H2,1-3H3,(H,20,22)(H,23,24). The summed E-state index contributed by atoms with van der Waals surface area (Å²) < 4.78 is 27.0. The highest BCUT2D eigenvalue weighted by Crippen LogP contribution is 2.24. The lowest BCUT2D eigenvalue weighted by atomic mass is 9.89. The van der Waals surface area contributed by atoms with Gasteiger partial charge in [0, 0.05) is 19.6 Å². The first-order chi connectivity index (χ1) is 12.5. The number of aliphatic carboxylic acids is 1. The Balaban J connectivity index is 1.97. The van der Waals surface area contributed by atoms with Crippen LogP contribution >= 0.6 is 0 Å². The third-order valence-corrected chi connectivity index (χ3v) is 6.92. The molecule has 0 radical (unpaired) electrons. The number of amides is 1. The molecule has 1 amide bonds. The van der Waals surface area contributed by atoms with Crippen molar-refractivity contribution in [1.82, 2.24) is 9.62 Å². The number of hydrogen-bond acceptors (Lipinski definition) is 4. The molecule has 27 heavy (non-hydrogen) atoms. The van der Waals surface area contributed by atoms with E-state index >= 15 is 0 Å². The van der Waals surface area contributed by atoms with E-state index in [9.17, 15) is 18.0 Å². The number of piperidine rings is 1. The summed E-state index contributed by atoms with van der Waals surface area (Å²) in [7, 11) is -3.62. The molecular weight excluding hydrogens is 368 g/mol. The minimum Gasteiger partial charge on any atom is -0.481 e. The van der Waals surface area contributed by atoms with Crippen LogP contribution in [0, 0.1) is 18.3 Å². The Morgan fingerprint density at radius 3 is 2.48 bits per heavy atom. The van der Waals surface area contributed by atoms with Crippen molar-refractivity contribution in [3.8, 4) is 0 Å². The van der Waals surface area contributed by atoms with Gasteiger partial charge in [-0.3, -0.25) is 9.59 Å². The third kappa shape index (κ3) is 5.29. The highest BCUT2D eigenvalue weighted by atomic mass is 32.2. The molecule has 0 saturated carbocycles. The first kappa shape index (κ1) is 21.4. The molecule has 0 aromatic heterocycles. The predicted molar refractivity (Wildman–Crippen MR) is 102 cm³/mol. The van der Waals surface area contributed by atoms with Crippen molar-refractivity contribution in [2.24, 2.45) is 11.3 Å². The largest absolute Gasteiger partial charge is 0.481 e. The lowest BCUT2D eigenvalue weighted by molar-refractivity contribution is -0.147. The van der Waals surface area contributed by atoms with Crippen molar-refractivity contribution < 1.29 is 23.1 Å². The van der Waals surface area contributed by atoms with Crippen LogP contribution in [-0.2, 0) is 19.6 Å². The Hall–Kier alpha value is -1.93. The van der Waals surface area contributed by atoms with Crippen molar-refractivity contribution in [1.29, 1.82) is 0 Å². The van der Waals surface area contributed by atoms with Gasteiger partial charge in [-0.25, -0.2) is 8.42 Å². The minimum atomic E-state index is -3.62. The van der Waals surface area contributed by atoms with E-state index in [0.29, 0.717) is 25.8 Å². The highest BCUT2D eigenvalue weighted by molar-refractivity contribution is 7.89. The average molecular weight is 397 g/mol. The van der Waals surface area contributed by atoms with Gasteiger partial charge in [0.15, 0.2) is 0 Å². The summed E-state index contributed by atoms with van der Waals surface area (Å²) in [4.78, 5) is 23.8. The van der Waals surface area contributed by atoms with E-state index in [4.69, 9.17) is 5.11 Å². The molecule has 0 bridgehead atoms. The van der Waals surface area contributed by atoms with E-state index in [1.165, 1.54) is 4.31 Å². The van der Waals surface area contributed by atoms with E-state index in [1.54, 1.807) is 38.1 Å². The summed E-state index contributed by atoms with van der Waals surface area (Å²) in [6.45, 7) is 5.90. The van der Waals surface area contributed by atoms with Crippen LogP contribution in [0.3, 0.4) is 0 Å². The van der Waals surface area contributed by atoms with Crippen LogP contribution in [0.5, 0.6) is 0 Å². The van der Waals surface area contributed by atoms with Crippen LogP contribution in [0.4, 0.5) is 0 Å². The molecule has 8 heteroatoms. The van der Waals surface area contributed by atoms with Crippen LogP contribution in [0.2, 0.25) is 0 Å². The zero-order valence-electron chi connectivity index (χ0n) is 16.1. The molecule has 1 aromatic rings. The van der Waals surface area contributed by atoms with E-state index in [2.05, 4.69) is 5.32 Å². The summed E-state index contributed by atoms with van der Waals surface area (Å²) in [6, 6.07) is 6.68. The monoisotopic (exact) mass is 396 g/mol. The fourth-order valence-electron chi connectivity index (χ4n) is 2.98. The van der Waals surface area contributed by atoms with Gasteiger partial charge in [-0.2, -0.15) is 4.31 Å². The predicted octanol–water partition coefficient (Wildman–Crippen LogP) is 2.01. The Labute approximate surface area is 160 Å². The number of aryl methyl sites for hydroxylation is 1. The van der Waals surface area contributed by atoms with E-state index < -0.39 is 27.3 Å². The Morgan fingerprint density at radius 1 is 1.26 bits per heavy atom. The molecule has 150 valence electrons. The Morgan fingerprint density at radius 2 is 1.89 bits per heavy atom. The summed E-state index contributed by atoms with van der Waals surface area (Å²) in [6.07, 6.45) is 1.55. The Kier molecular flexibility index (Phi) is 6.64. The normalized spacial score (nSPS) is 18.9. The van der Waals surface area contributed by atoms with E-state index in [0.717, 1.165) is 5.56 Å². The topological polar surface area (TPSA) is 104 Å². The fraction of sp³-hybridized carbons (Fsp3) is 0.579. The second-order valence-electron chi connectivity index (χ2n) is 7.75. The maximum absolute atomic E-state index is 12.8. The minimum absolute atomic E-state index is 0.143. The van der Waals surface area contributed by atoms with Gasteiger partial charge in [-0.15, -0.1) is 0 Å². The number of sulfonamides is 1. The molecule has 1 aliphatic rings. The molecule has 0 aliphatic carbocycles. The SMILES string of the molecule is Cc1ccc(S(=O)(=O)N2CCCC(C(=O)NCCC(C)(C)C(=O)O)C2)cc1. The van der Waals surface area contributed by atoms with Crippen molar-refractivity contribution in [3.05, 3.63) is 29.8 Å². The van der Waals surface area contributed by atoms with Gasteiger partial charge >= 0.3 is 5.97 Å². The maximum Gasteiger partial charge on any atom is 0.309 e. The first-order valence-corrected chi connectivity index (χ1v) is 10.6. The number of carboxylic acids is 1. The van der Waals surface area contributed by atoms with Gasteiger partial charge < -0.3 is 10.4 Å². The zero-order chi connectivity index (χ0) is 20.2. The van der Waals surface area contributed by atoms with Gasteiger partial charge in [0.25, 0.3) is 0 Å². The van der Waals surface area contributed by atoms with Crippen molar-refractivity contribution in [3.63, 3.8) is 0 Å². The highest BCUT2D eigenvalue weighted by Gasteiger charge is 2.33. The number of carbonyl (C=O) groups is 2. The number of rotatable bonds is 7. The number of nitrogens with zero attached hydrogens (tertiary/aromatic N) is 1. The van der Waals surface area contributed by atoms with Crippen molar-refractivity contribution >= 4 is 21.9 Å². The molecular formula is C19H28N2O5S. The average Bonchev–Trinajstić information content (AvgIpc) is 2.62. The molecule has 1 saturated heterocycles. The molecule has 0 spiro atoms. The second-order valence-corrected chi connectivity index (χ2v) is 9.68. The smallest absolute Gasteiger partial charge is 0.309 e.